The zero-order valence-electron chi connectivity index (χ0n) is 22.2. The van der Waals surface area contributed by atoms with Gasteiger partial charge >= 0.3 is 5.97 Å². The molecule has 2 heterocycles. The molecule has 3 aromatic carbocycles. The van der Waals surface area contributed by atoms with E-state index in [2.05, 4.69) is 16.4 Å². The molecule has 1 N–H and O–H groups in total. The molecule has 4 nitrogen and oxygen atoms in total. The summed E-state index contributed by atoms with van der Waals surface area (Å²) in [5, 5.41) is 10.4. The van der Waals surface area contributed by atoms with Crippen LogP contribution in [-0.2, 0) is 17.6 Å². The topological polar surface area (TPSA) is 45.5 Å². The Balaban J connectivity index is 1.32. The van der Waals surface area contributed by atoms with Crippen molar-refractivity contribution in [2.45, 2.75) is 49.8 Å². The number of rotatable bonds is 10. The minimum atomic E-state index is -0.868. The van der Waals surface area contributed by atoms with E-state index >= 15 is 0 Å². The van der Waals surface area contributed by atoms with E-state index in [-0.39, 0.29) is 18.1 Å². The highest BCUT2D eigenvalue weighted by Crippen LogP contribution is 2.40. The van der Waals surface area contributed by atoms with Gasteiger partial charge in [-0.3, -0.25) is 4.79 Å². The second-order valence-corrected chi connectivity index (χ2v) is 11.4. The van der Waals surface area contributed by atoms with E-state index in [1.54, 1.807) is 23.9 Å². The van der Waals surface area contributed by atoms with E-state index < -0.39 is 5.97 Å². The number of halogens is 2. The van der Waals surface area contributed by atoms with Gasteiger partial charge in [-0.15, -0.1) is 11.8 Å². The standard InChI is InChI=1S/C32H34F2N2O2S/c1-2-29-32(23-13-16-35(17-14-23)15-4-18-39-27-10-7-24(33)8-11-27)28-12-9-25(34)21-30(28)36(29)26-6-3-5-22(19-26)20-31(37)38/h3,5-12,19,21,23H,2,4,13-18,20H2,1H3,(H,37,38). The Morgan fingerprint density at radius 1 is 1.00 bits per heavy atom. The average Bonchev–Trinajstić information content (AvgIpc) is 3.25. The molecule has 1 fully saturated rings. The average molecular weight is 549 g/mol. The lowest BCUT2D eigenvalue weighted by atomic mass is 9.87. The van der Waals surface area contributed by atoms with Crippen molar-refractivity contribution < 1.29 is 18.7 Å². The summed E-state index contributed by atoms with van der Waals surface area (Å²) in [5.41, 5.74) is 4.94. The molecule has 39 heavy (non-hydrogen) atoms. The van der Waals surface area contributed by atoms with E-state index in [0.29, 0.717) is 5.92 Å². The second kappa shape index (κ2) is 12.3. The van der Waals surface area contributed by atoms with Crippen LogP contribution in [0.2, 0.25) is 0 Å². The lowest BCUT2D eigenvalue weighted by Crippen LogP contribution is -2.34. The molecule has 0 unspecified atom stereocenters. The first-order valence-corrected chi connectivity index (χ1v) is 14.7. The molecule has 1 saturated heterocycles. The Hall–Kier alpha value is -3.16. The van der Waals surface area contributed by atoms with Gasteiger partial charge in [0.25, 0.3) is 0 Å². The van der Waals surface area contributed by atoms with Crippen LogP contribution in [0.5, 0.6) is 0 Å². The molecule has 0 aliphatic carbocycles. The van der Waals surface area contributed by atoms with Gasteiger partial charge in [-0.25, -0.2) is 8.78 Å². The molecular formula is C32H34F2N2O2S. The van der Waals surface area contributed by atoms with E-state index in [9.17, 15) is 18.7 Å². The van der Waals surface area contributed by atoms with Crippen molar-refractivity contribution in [1.29, 1.82) is 0 Å². The van der Waals surface area contributed by atoms with Crippen LogP contribution < -0.4 is 0 Å². The molecule has 5 rings (SSSR count). The Kier molecular flexibility index (Phi) is 8.68. The molecule has 4 aromatic rings. The van der Waals surface area contributed by atoms with Crippen molar-refractivity contribution in [3.63, 3.8) is 0 Å². The van der Waals surface area contributed by atoms with Gasteiger partial charge in [0.05, 0.1) is 11.9 Å². The van der Waals surface area contributed by atoms with Crippen molar-refractivity contribution in [3.8, 4) is 5.69 Å². The monoisotopic (exact) mass is 548 g/mol. The molecule has 0 saturated carbocycles. The summed E-state index contributed by atoms with van der Waals surface area (Å²) >= 11 is 1.77. The number of hydrogen-bond donors (Lipinski definition) is 1. The van der Waals surface area contributed by atoms with Crippen LogP contribution in [0.1, 0.15) is 48.9 Å². The normalized spacial score (nSPS) is 14.7. The number of aliphatic carboxylic acids is 1. The van der Waals surface area contributed by atoms with Gasteiger partial charge in [0.2, 0.25) is 0 Å². The molecule has 204 valence electrons. The number of aromatic nitrogens is 1. The fourth-order valence-electron chi connectivity index (χ4n) is 5.87. The van der Waals surface area contributed by atoms with E-state index in [1.807, 2.05) is 42.5 Å². The Morgan fingerprint density at radius 3 is 2.46 bits per heavy atom. The van der Waals surface area contributed by atoms with Crippen LogP contribution in [0.3, 0.4) is 0 Å². The third kappa shape index (κ3) is 6.36. The lowest BCUT2D eigenvalue weighted by Gasteiger charge is -2.32. The van der Waals surface area contributed by atoms with Gasteiger partial charge in [-0.2, -0.15) is 0 Å². The summed E-state index contributed by atoms with van der Waals surface area (Å²) in [6.07, 6.45) is 3.94. The lowest BCUT2D eigenvalue weighted by molar-refractivity contribution is -0.136. The number of nitrogens with zero attached hydrogens (tertiary/aromatic N) is 2. The zero-order chi connectivity index (χ0) is 27.4. The maximum Gasteiger partial charge on any atom is 0.307 e. The van der Waals surface area contributed by atoms with Gasteiger partial charge in [0.1, 0.15) is 11.6 Å². The number of fused-ring (bicyclic) bond motifs is 1. The van der Waals surface area contributed by atoms with E-state index in [4.69, 9.17) is 0 Å². The summed E-state index contributed by atoms with van der Waals surface area (Å²) in [6.45, 7) is 5.23. The smallest absolute Gasteiger partial charge is 0.307 e. The number of carbonyl (C=O) groups is 1. The van der Waals surface area contributed by atoms with Crippen LogP contribution in [0.25, 0.3) is 16.6 Å². The van der Waals surface area contributed by atoms with Gasteiger partial charge in [0, 0.05) is 21.7 Å². The molecule has 0 radical (unpaired) electrons. The maximum absolute atomic E-state index is 14.5. The van der Waals surface area contributed by atoms with Crippen LogP contribution in [-0.4, -0.2) is 45.9 Å². The van der Waals surface area contributed by atoms with Gasteiger partial charge in [-0.1, -0.05) is 19.1 Å². The van der Waals surface area contributed by atoms with Crippen molar-refractivity contribution >= 4 is 28.6 Å². The Bertz CT molecular complexity index is 1440. The van der Waals surface area contributed by atoms with Gasteiger partial charge < -0.3 is 14.6 Å². The SMILES string of the molecule is CCc1c(C2CCN(CCCSc3ccc(F)cc3)CC2)c2ccc(F)cc2n1-c1cccc(CC(=O)O)c1. The third-order valence-electron chi connectivity index (χ3n) is 7.63. The first-order chi connectivity index (χ1) is 18.9. The predicted molar refractivity (Wildman–Crippen MR) is 154 cm³/mol. The van der Waals surface area contributed by atoms with Crippen molar-refractivity contribution in [2.24, 2.45) is 0 Å². The maximum atomic E-state index is 14.5. The first kappa shape index (κ1) is 27.4. The predicted octanol–water partition coefficient (Wildman–Crippen LogP) is 7.46. The van der Waals surface area contributed by atoms with Gasteiger partial charge in [-0.05, 0) is 123 Å². The number of carboxylic acid groups (broad SMARTS) is 1. The summed E-state index contributed by atoms with van der Waals surface area (Å²) in [7, 11) is 0. The molecule has 0 spiro atoms. The fourth-order valence-corrected chi connectivity index (χ4v) is 6.71. The fraction of sp³-hybridized carbons (Fsp3) is 0.344. The highest BCUT2D eigenvalue weighted by Gasteiger charge is 2.27. The summed E-state index contributed by atoms with van der Waals surface area (Å²) < 4.78 is 29.7. The first-order valence-electron chi connectivity index (χ1n) is 13.7. The number of thioether (sulfide) groups is 1. The Labute approximate surface area is 232 Å². The number of likely N-dealkylation sites (tertiary alicyclic amines) is 1. The van der Waals surface area contributed by atoms with Crippen molar-refractivity contribution in [1.82, 2.24) is 9.47 Å². The molecule has 0 amide bonds. The number of carboxylic acids is 1. The molecular weight excluding hydrogens is 514 g/mol. The highest BCUT2D eigenvalue weighted by molar-refractivity contribution is 7.99. The molecule has 1 aromatic heterocycles. The minimum absolute atomic E-state index is 0.0451. The van der Waals surface area contributed by atoms with Crippen LogP contribution in [0, 0.1) is 11.6 Å². The van der Waals surface area contributed by atoms with E-state index in [0.717, 1.165) is 78.1 Å². The molecule has 7 heteroatoms. The largest absolute Gasteiger partial charge is 0.481 e. The van der Waals surface area contributed by atoms with Crippen molar-refractivity contribution in [3.05, 3.63) is 95.2 Å². The number of benzene rings is 3. The Morgan fingerprint density at radius 2 is 1.74 bits per heavy atom. The van der Waals surface area contributed by atoms with Gasteiger partial charge in [0.15, 0.2) is 0 Å². The van der Waals surface area contributed by atoms with Crippen LogP contribution >= 0.6 is 11.8 Å². The van der Waals surface area contributed by atoms with Crippen LogP contribution in [0.4, 0.5) is 8.78 Å². The number of hydrogen-bond acceptors (Lipinski definition) is 3. The summed E-state index contributed by atoms with van der Waals surface area (Å²) in [4.78, 5) is 14.9. The van der Waals surface area contributed by atoms with E-state index in [1.165, 1.54) is 23.4 Å². The van der Waals surface area contributed by atoms with Crippen LogP contribution in [0.15, 0.2) is 71.6 Å². The molecule has 1 aliphatic rings. The summed E-state index contributed by atoms with van der Waals surface area (Å²) in [6, 6.07) is 19.3. The molecule has 1 aliphatic heterocycles. The summed E-state index contributed by atoms with van der Waals surface area (Å²) in [5.74, 6) is 0.0544. The minimum Gasteiger partial charge on any atom is -0.481 e. The quantitative estimate of drug-likeness (QED) is 0.165. The second-order valence-electron chi connectivity index (χ2n) is 10.2. The van der Waals surface area contributed by atoms with Crippen molar-refractivity contribution in [2.75, 3.05) is 25.4 Å². The number of piperidine rings is 1. The molecule has 0 bridgehead atoms. The molecule has 0 atom stereocenters. The third-order valence-corrected chi connectivity index (χ3v) is 8.73. The highest BCUT2D eigenvalue weighted by atomic mass is 32.2. The zero-order valence-corrected chi connectivity index (χ0v) is 23.0.